The zero-order valence-electron chi connectivity index (χ0n) is 46.9. The van der Waals surface area contributed by atoms with Crippen LogP contribution in [0.15, 0.2) is 132 Å². The van der Waals surface area contributed by atoms with E-state index >= 15 is 0 Å². The standard InChI is InChI=1S/C25H27N7O3.C19H16N6O2.C6H12ClNO.CH3F.CH2O3.CH4.ClH.2Cs.H/c1-30-18-21(14-28-30)23-5-6-24(33)32(29-23)17-19-3-2-4-20(13-19)25-26-15-22(16-27-25)35-12-9-31-7-10-34-11-8-31;1-24-12-15(8-22-24)17-5-6-18(27)25(23-17)11-13-3-2-4-14(7-13)19-20-9-16(26)10-21-19;7-1-2-8-3-5-9-6-4-8;1-2;2-1-4-3;;;;;/h2-6,13-16,18H,7-12,17H2,1H3;2-10,12,26H,11H2,1H3;1-6H2;1H3;1,3H;1H4;1H;;;/q;;;;;;;2*+1;-1/p-1/i;;;1D;;;;;;. The summed E-state index contributed by atoms with van der Waals surface area (Å²) in [5.41, 5.74) is 6.20. The Balaban J connectivity index is 0.000000636. The van der Waals surface area contributed by atoms with Gasteiger partial charge in [0.2, 0.25) is 0 Å². The number of hydrogen-bond acceptors (Lipinski definition) is 18. The molecule has 0 aliphatic carbocycles. The van der Waals surface area contributed by atoms with Gasteiger partial charge in [-0.15, -0.1) is 11.6 Å². The molecule has 8 aromatic rings. The summed E-state index contributed by atoms with van der Waals surface area (Å²) in [7, 11) is 2.67. The van der Waals surface area contributed by atoms with Crippen LogP contribution in [0.2, 0.25) is 0 Å². The Kier molecular flexibility index (Phi) is 35.8. The largest absolute Gasteiger partial charge is 1.00 e. The summed E-state index contributed by atoms with van der Waals surface area (Å²) in [6.07, 6.45) is 13.2. The molecule has 0 spiro atoms. The molecule has 0 atom stereocenters. The fraction of sp³-hybridized carbons (Fsp3) is 0.340. The second-order valence-corrected chi connectivity index (χ2v) is 17.3. The van der Waals surface area contributed by atoms with Crippen molar-refractivity contribution >= 4 is 18.1 Å². The van der Waals surface area contributed by atoms with E-state index in [2.05, 4.69) is 50.1 Å². The number of morpholine rings is 2. The number of halogens is 3. The second-order valence-electron chi connectivity index (χ2n) is 16.9. The molecule has 6 aromatic heterocycles. The predicted octanol–water partition coefficient (Wildman–Crippen LogP) is -6.36. The molecule has 424 valence electrons. The van der Waals surface area contributed by atoms with Gasteiger partial charge in [0.1, 0.15) is 19.7 Å². The van der Waals surface area contributed by atoms with Crippen LogP contribution < -0.4 is 176 Å². The number of carbonyl (C=O) groups excluding carboxylic acids is 1. The van der Waals surface area contributed by atoms with Gasteiger partial charge in [-0.05, 0) is 35.4 Å². The van der Waals surface area contributed by atoms with E-state index in [4.69, 9.17) is 37.2 Å². The number of quaternary nitrogens is 1. The van der Waals surface area contributed by atoms with Crippen molar-refractivity contribution < 1.29 is 197 Å². The summed E-state index contributed by atoms with van der Waals surface area (Å²) in [6.45, 7) is 10.5. The number of nitrogens with zero attached hydrogens (tertiary/aromatic N) is 13. The van der Waals surface area contributed by atoms with Crippen LogP contribution in [0, 0.1) is 0 Å². The molecule has 0 saturated carbocycles. The molecule has 28 heteroatoms. The molecule has 81 heavy (non-hydrogen) atoms. The number of aromatic nitrogens is 12. The average molecular weight is 1400 g/mol. The fourth-order valence-electron chi connectivity index (χ4n) is 7.67. The van der Waals surface area contributed by atoms with Gasteiger partial charge in [-0.3, -0.25) is 33.0 Å². The number of rotatable bonds is 15. The monoisotopic (exact) mass is 1400 g/mol. The minimum atomic E-state index is -1.00. The summed E-state index contributed by atoms with van der Waals surface area (Å²) in [4.78, 5) is 57.0. The van der Waals surface area contributed by atoms with Gasteiger partial charge < -0.3 is 48.2 Å². The number of ether oxygens (including phenoxy) is 3. The third-order valence-corrected chi connectivity index (χ3v) is 11.7. The third-order valence-electron chi connectivity index (χ3n) is 11.5. The molecule has 2 aliphatic rings. The second kappa shape index (κ2) is 40.5. The Bertz CT molecular complexity index is 3200. The smallest absolute Gasteiger partial charge is 1.00 e. The first-order valence-corrected chi connectivity index (χ1v) is 24.7. The molecule has 10 rings (SSSR count). The normalized spacial score (nSPS) is 12.7. The van der Waals surface area contributed by atoms with Crippen LogP contribution in [0.4, 0.5) is 4.39 Å². The van der Waals surface area contributed by atoms with Crippen molar-refractivity contribution in [3.8, 4) is 56.8 Å². The molecule has 2 fully saturated rings. The topological polar surface area (TPSA) is 262 Å². The van der Waals surface area contributed by atoms with Crippen LogP contribution in [0.5, 0.6) is 11.5 Å². The van der Waals surface area contributed by atoms with Crippen LogP contribution in [-0.4, -0.2) is 161 Å². The van der Waals surface area contributed by atoms with E-state index < -0.39 is 7.15 Å². The number of nitrogens with one attached hydrogen (secondary N) is 1. The number of alkyl halides is 2. The number of aryl methyl sites for hydroxylation is 2. The van der Waals surface area contributed by atoms with Gasteiger partial charge in [0.15, 0.2) is 23.1 Å². The molecule has 23 nitrogen and oxygen atoms in total. The number of carbonyl (C=O) groups is 1. The first-order chi connectivity index (χ1) is 38.0. The van der Waals surface area contributed by atoms with Crippen LogP contribution in [-0.2, 0) is 46.3 Å². The Labute approximate surface area is 600 Å². The molecule has 8 heterocycles. The molecular weight excluding hydrogens is 1330 g/mol. The molecule has 0 amide bonds. The van der Waals surface area contributed by atoms with Crippen LogP contribution >= 0.6 is 11.6 Å². The van der Waals surface area contributed by atoms with Gasteiger partial charge in [-0.25, -0.2) is 29.3 Å². The van der Waals surface area contributed by atoms with E-state index in [0.29, 0.717) is 48.5 Å². The van der Waals surface area contributed by atoms with Crippen molar-refractivity contribution in [2.75, 3.05) is 85.3 Å². The maximum Gasteiger partial charge on any atom is 1.00 e. The van der Waals surface area contributed by atoms with Crippen molar-refractivity contribution in [2.45, 2.75) is 20.5 Å². The van der Waals surface area contributed by atoms with E-state index in [1.54, 1.807) is 51.2 Å². The molecule has 2 saturated heterocycles. The summed E-state index contributed by atoms with van der Waals surface area (Å²) < 4.78 is 38.1. The molecule has 0 radical (unpaired) electrons. The quantitative estimate of drug-likeness (QED) is 0.0419. The Morgan fingerprint density at radius 2 is 1.21 bits per heavy atom. The van der Waals surface area contributed by atoms with E-state index in [0.717, 1.165) is 105 Å². The number of aromatic hydroxyl groups is 1. The van der Waals surface area contributed by atoms with Crippen molar-refractivity contribution in [2.24, 2.45) is 14.1 Å². The zero-order chi connectivity index (χ0) is 55.5. The number of hydrogen-bond donors (Lipinski definition) is 2. The molecular formula is C53H65Cl2Cs2FN14O9. The molecule has 0 bridgehead atoms. The van der Waals surface area contributed by atoms with Gasteiger partial charge in [0.05, 0.1) is 109 Å². The van der Waals surface area contributed by atoms with Crippen LogP contribution in [0.1, 0.15) is 21.4 Å². The van der Waals surface area contributed by atoms with Crippen molar-refractivity contribution in [1.29, 1.82) is 0 Å². The maximum atomic E-state index is 12.4. The first-order valence-electron chi connectivity index (χ1n) is 24.8. The van der Waals surface area contributed by atoms with Gasteiger partial charge in [-0.2, -0.15) is 20.4 Å². The first kappa shape index (κ1) is 71.5. The number of benzene rings is 2. The minimum absolute atomic E-state index is 0. The molecule has 0 unspecified atom stereocenters. The van der Waals surface area contributed by atoms with Gasteiger partial charge >= 0.3 is 138 Å². The summed E-state index contributed by atoms with van der Waals surface area (Å²) in [5, 5.41) is 35.0. The van der Waals surface area contributed by atoms with Gasteiger partial charge in [0.25, 0.3) is 17.6 Å². The van der Waals surface area contributed by atoms with Crippen molar-refractivity contribution in [1.82, 2.24) is 64.0 Å². The minimum Gasteiger partial charge on any atom is -1.00 e. The SMILES string of the molecule is C.ClCC[NH+]1CCOCC1.Cn1cc(-c2ccc(=O)n(Cc3cccc(-c4ncc(O)cn4)c3)n2)cn1.Cn1cc(-c2ccc(=O)n(Cc3cccc(-c4ncc(OCCN5CCOCC5)cn4)c3)n2)cn1.O=CO[O-].[2H]CF.[Cl-].[Cs+].[Cs+].[H-]. The Morgan fingerprint density at radius 1 is 0.753 bits per heavy atom. The van der Waals surface area contributed by atoms with E-state index in [9.17, 15) is 19.1 Å². The van der Waals surface area contributed by atoms with E-state index in [1.165, 1.54) is 33.9 Å². The van der Waals surface area contributed by atoms with Crippen molar-refractivity contribution in [3.05, 3.63) is 154 Å². The third kappa shape index (κ3) is 24.8. The Morgan fingerprint density at radius 3 is 1.64 bits per heavy atom. The summed E-state index contributed by atoms with van der Waals surface area (Å²) >= 11 is 5.57. The molecule has 2 aliphatic heterocycles. The zero-order valence-corrected chi connectivity index (χ0v) is 59.0. The predicted molar refractivity (Wildman–Crippen MR) is 288 cm³/mol. The van der Waals surface area contributed by atoms with Gasteiger partial charge in [-0.1, -0.05) is 43.8 Å². The van der Waals surface area contributed by atoms with E-state index in [-0.39, 0.29) is 182 Å². The maximum absolute atomic E-state index is 12.4. The Hall–Kier alpha value is -3.74. The van der Waals surface area contributed by atoms with E-state index in [1.807, 2.05) is 75.0 Å². The van der Waals surface area contributed by atoms with Crippen LogP contribution in [0.25, 0.3) is 45.3 Å². The summed E-state index contributed by atoms with van der Waals surface area (Å²) in [6, 6.07) is 21.8. The molecule has 2 aromatic carbocycles. The van der Waals surface area contributed by atoms with Crippen LogP contribution in [0.3, 0.4) is 0 Å². The fourth-order valence-corrected chi connectivity index (χ4v) is 7.94. The molecule has 2 N–H and O–H groups in total. The van der Waals surface area contributed by atoms with Crippen molar-refractivity contribution in [3.63, 3.8) is 0 Å². The van der Waals surface area contributed by atoms with Gasteiger partial charge in [0, 0.05) is 80.5 Å². The average Bonchev–Trinajstić information content (AvgIpc) is 4.12. The summed E-state index contributed by atoms with van der Waals surface area (Å²) in [5.74, 6) is 2.52.